The minimum absolute atomic E-state index is 0.0782. The Morgan fingerprint density at radius 1 is 0.957 bits per heavy atom. The summed E-state index contributed by atoms with van der Waals surface area (Å²) in [5.74, 6) is 1.16. The minimum Gasteiger partial charge on any atom is -0.381 e. The highest BCUT2D eigenvalue weighted by Gasteiger charge is 2.33. The molecule has 13 heteroatoms. The summed E-state index contributed by atoms with van der Waals surface area (Å²) in [6.07, 6.45) is 0.201. The molecule has 4 aliphatic heterocycles. The largest absolute Gasteiger partial charge is 0.416 e. The summed E-state index contributed by atoms with van der Waals surface area (Å²) in [5.41, 5.74) is 1.11. The van der Waals surface area contributed by atoms with Crippen molar-refractivity contribution in [2.45, 2.75) is 101 Å². The monoisotopic (exact) mass is 663 g/mol. The molecule has 0 saturated carbocycles. The molecule has 2 aromatic rings. The van der Waals surface area contributed by atoms with Gasteiger partial charge in [-0.05, 0) is 76.0 Å². The maximum Gasteiger partial charge on any atom is 0.416 e. The van der Waals surface area contributed by atoms with Crippen molar-refractivity contribution in [2.24, 2.45) is 0 Å². The number of alkyl halides is 4. The second-order valence-corrected chi connectivity index (χ2v) is 13.2. The van der Waals surface area contributed by atoms with Crippen molar-refractivity contribution in [3.63, 3.8) is 0 Å². The zero-order chi connectivity index (χ0) is 33.0. The predicted molar refractivity (Wildman–Crippen MR) is 167 cm³/mol. The Labute approximate surface area is 273 Å². The van der Waals surface area contributed by atoms with Crippen LogP contribution in [0.3, 0.4) is 0 Å². The van der Waals surface area contributed by atoms with E-state index in [-0.39, 0.29) is 42.7 Å². The van der Waals surface area contributed by atoms with Crippen LogP contribution in [0.1, 0.15) is 96.4 Å². The van der Waals surface area contributed by atoms with E-state index < -0.39 is 17.9 Å². The van der Waals surface area contributed by atoms with Gasteiger partial charge in [-0.2, -0.15) is 13.2 Å². The van der Waals surface area contributed by atoms with Crippen LogP contribution in [0, 0.1) is 6.92 Å². The first-order valence-corrected chi connectivity index (χ1v) is 17.0. The molecule has 0 spiro atoms. The van der Waals surface area contributed by atoms with Gasteiger partial charge in [0.1, 0.15) is 23.5 Å². The standard InChI is InChI=1S/C34H45F4N5O4/c1-21-30(33(44)43-14-9-25(10-15-43)40-28-13-18-46-20-27(28)35)41-32(23-11-16-45-17-12-23)42-31(21)39-19-26-3-2-4-29(47-26)22-5-7-24(8-6-22)34(36,37)38/h5-8,23,25-29,40H,2-4,9-20H2,1H3,(H,39,41,42)/t26-,27+,28-,29+/m1/s1. The summed E-state index contributed by atoms with van der Waals surface area (Å²) in [6, 6.07) is 5.13. The highest BCUT2D eigenvalue weighted by molar-refractivity contribution is 5.95. The van der Waals surface area contributed by atoms with E-state index in [1.54, 1.807) is 0 Å². The topological polar surface area (TPSA) is 97.8 Å². The number of halogens is 4. The average molecular weight is 664 g/mol. The smallest absolute Gasteiger partial charge is 0.381 e. The van der Waals surface area contributed by atoms with Crippen LogP contribution in [0.2, 0.25) is 0 Å². The lowest BCUT2D eigenvalue weighted by Gasteiger charge is -2.36. The lowest BCUT2D eigenvalue weighted by molar-refractivity contribution is -0.137. The Bertz CT molecular complexity index is 1350. The molecule has 5 heterocycles. The second kappa shape index (κ2) is 15.1. The number of piperidine rings is 1. The van der Waals surface area contributed by atoms with Crippen molar-refractivity contribution < 1.29 is 36.6 Å². The summed E-state index contributed by atoms with van der Waals surface area (Å²) in [6.45, 7) is 5.31. The van der Waals surface area contributed by atoms with Crippen LogP contribution in [0.5, 0.6) is 0 Å². The second-order valence-electron chi connectivity index (χ2n) is 13.2. The molecular weight excluding hydrogens is 618 g/mol. The minimum atomic E-state index is -4.38. The fraction of sp³-hybridized carbons (Fsp3) is 0.676. The van der Waals surface area contributed by atoms with E-state index in [9.17, 15) is 22.4 Å². The van der Waals surface area contributed by atoms with Crippen LogP contribution in [0.4, 0.5) is 23.4 Å². The molecule has 6 rings (SSSR count). The predicted octanol–water partition coefficient (Wildman–Crippen LogP) is 5.74. The van der Waals surface area contributed by atoms with Crippen molar-refractivity contribution in [1.29, 1.82) is 0 Å². The number of rotatable bonds is 8. The third-order valence-corrected chi connectivity index (χ3v) is 9.93. The number of nitrogens with zero attached hydrogens (tertiary/aromatic N) is 3. The number of hydrogen-bond donors (Lipinski definition) is 2. The average Bonchev–Trinajstić information content (AvgIpc) is 3.09. The summed E-state index contributed by atoms with van der Waals surface area (Å²) in [7, 11) is 0. The van der Waals surface area contributed by atoms with Crippen molar-refractivity contribution in [2.75, 3.05) is 51.4 Å². The number of hydrogen-bond acceptors (Lipinski definition) is 8. The van der Waals surface area contributed by atoms with Gasteiger partial charge in [0.15, 0.2) is 0 Å². The van der Waals surface area contributed by atoms with Crippen LogP contribution in [-0.4, -0.2) is 91.2 Å². The lowest BCUT2D eigenvalue weighted by atomic mass is 9.97. The molecule has 1 amide bonds. The number of benzene rings is 1. The van der Waals surface area contributed by atoms with Gasteiger partial charge in [0.05, 0.1) is 24.4 Å². The van der Waals surface area contributed by atoms with Gasteiger partial charge >= 0.3 is 6.18 Å². The van der Waals surface area contributed by atoms with E-state index in [4.69, 9.17) is 24.2 Å². The molecule has 0 bridgehead atoms. The molecule has 1 aromatic carbocycles. The SMILES string of the molecule is Cc1c(NC[C@H]2CCC[C@@H](c3ccc(C(F)(F)F)cc3)O2)nc(C2CCOCC2)nc1C(=O)N1CCC(N[C@@H]2CCOC[C@@H]2F)CC1. The number of nitrogens with one attached hydrogen (secondary N) is 2. The van der Waals surface area contributed by atoms with E-state index in [2.05, 4.69) is 10.6 Å². The van der Waals surface area contributed by atoms with Crippen LogP contribution in [-0.2, 0) is 20.4 Å². The fourth-order valence-electron chi connectivity index (χ4n) is 7.04. The summed E-state index contributed by atoms with van der Waals surface area (Å²) < 4.78 is 70.6. The van der Waals surface area contributed by atoms with Gasteiger partial charge in [-0.3, -0.25) is 4.79 Å². The fourth-order valence-corrected chi connectivity index (χ4v) is 7.04. The van der Waals surface area contributed by atoms with Crippen LogP contribution < -0.4 is 10.6 Å². The van der Waals surface area contributed by atoms with E-state index in [1.165, 1.54) is 12.1 Å². The first-order chi connectivity index (χ1) is 22.7. The third-order valence-electron chi connectivity index (χ3n) is 9.93. The summed E-state index contributed by atoms with van der Waals surface area (Å²) in [4.78, 5) is 25.5. The van der Waals surface area contributed by atoms with Gasteiger partial charge in [-0.25, -0.2) is 14.4 Å². The number of likely N-dealkylation sites (tertiary alicyclic amines) is 1. The molecule has 47 heavy (non-hydrogen) atoms. The highest BCUT2D eigenvalue weighted by atomic mass is 19.4. The molecule has 0 aliphatic carbocycles. The summed E-state index contributed by atoms with van der Waals surface area (Å²) in [5, 5.41) is 6.89. The Balaban J connectivity index is 1.12. The molecular formula is C34H45F4N5O4. The molecule has 4 saturated heterocycles. The third kappa shape index (κ3) is 8.41. The Morgan fingerprint density at radius 3 is 2.38 bits per heavy atom. The van der Waals surface area contributed by atoms with E-state index in [1.807, 2.05) is 11.8 Å². The zero-order valence-corrected chi connectivity index (χ0v) is 26.9. The van der Waals surface area contributed by atoms with Crippen LogP contribution in [0.15, 0.2) is 24.3 Å². The Morgan fingerprint density at radius 2 is 1.68 bits per heavy atom. The zero-order valence-electron chi connectivity index (χ0n) is 26.9. The van der Waals surface area contributed by atoms with Crippen LogP contribution >= 0.6 is 0 Å². The van der Waals surface area contributed by atoms with Gasteiger partial charge in [-0.1, -0.05) is 12.1 Å². The molecule has 1 aromatic heterocycles. The number of carbonyl (C=O) groups excluding carboxylic acids is 1. The normalized spacial score (nSPS) is 26.7. The highest BCUT2D eigenvalue weighted by Crippen LogP contribution is 2.35. The Kier molecular flexibility index (Phi) is 10.9. The molecule has 0 radical (unpaired) electrons. The van der Waals surface area contributed by atoms with Crippen molar-refractivity contribution in [3.8, 4) is 0 Å². The number of anilines is 1. The van der Waals surface area contributed by atoms with Gasteiger partial charge < -0.3 is 29.7 Å². The van der Waals surface area contributed by atoms with Crippen molar-refractivity contribution in [1.82, 2.24) is 20.2 Å². The molecule has 9 nitrogen and oxygen atoms in total. The van der Waals surface area contributed by atoms with Crippen molar-refractivity contribution >= 4 is 11.7 Å². The van der Waals surface area contributed by atoms with E-state index in [0.29, 0.717) is 68.8 Å². The molecule has 258 valence electrons. The van der Waals surface area contributed by atoms with Gasteiger partial charge in [-0.15, -0.1) is 0 Å². The molecule has 2 N–H and O–H groups in total. The van der Waals surface area contributed by atoms with E-state index in [0.717, 1.165) is 62.6 Å². The van der Waals surface area contributed by atoms with Gasteiger partial charge in [0, 0.05) is 63.0 Å². The number of aromatic nitrogens is 2. The summed E-state index contributed by atoms with van der Waals surface area (Å²) >= 11 is 0. The Hall–Kier alpha value is -2.87. The number of carbonyl (C=O) groups is 1. The molecule has 4 atom stereocenters. The van der Waals surface area contributed by atoms with E-state index >= 15 is 0 Å². The quantitative estimate of drug-likeness (QED) is 0.346. The maximum absolute atomic E-state index is 14.3. The van der Waals surface area contributed by atoms with Crippen LogP contribution in [0.25, 0.3) is 0 Å². The molecule has 4 fully saturated rings. The maximum atomic E-state index is 14.3. The lowest BCUT2D eigenvalue weighted by Crippen LogP contribution is -2.52. The first-order valence-electron chi connectivity index (χ1n) is 17.0. The molecule has 4 aliphatic rings. The number of amides is 1. The van der Waals surface area contributed by atoms with Crippen molar-refractivity contribution in [3.05, 3.63) is 52.5 Å². The first kappa shape index (κ1) is 34.0. The van der Waals surface area contributed by atoms with Gasteiger partial charge in [0.2, 0.25) is 0 Å². The molecule has 0 unspecified atom stereocenters. The van der Waals surface area contributed by atoms with Gasteiger partial charge in [0.25, 0.3) is 5.91 Å². The number of ether oxygens (including phenoxy) is 3.